The van der Waals surface area contributed by atoms with E-state index in [0.29, 0.717) is 17.3 Å². The molecule has 0 saturated heterocycles. The van der Waals surface area contributed by atoms with E-state index in [2.05, 4.69) is 56.5 Å². The highest BCUT2D eigenvalue weighted by Crippen LogP contribution is 2.22. The van der Waals surface area contributed by atoms with E-state index < -0.39 is 0 Å². The van der Waals surface area contributed by atoms with Crippen LogP contribution in [0.3, 0.4) is 0 Å². The predicted molar refractivity (Wildman–Crippen MR) is 93.0 cm³/mol. The number of benzene rings is 1. The van der Waals surface area contributed by atoms with Gasteiger partial charge in [0.1, 0.15) is 17.4 Å². The van der Waals surface area contributed by atoms with Gasteiger partial charge in [0, 0.05) is 12.2 Å². The lowest BCUT2D eigenvalue weighted by Crippen LogP contribution is -2.06. The van der Waals surface area contributed by atoms with Crippen molar-refractivity contribution < 1.29 is 0 Å². The van der Waals surface area contributed by atoms with Gasteiger partial charge < -0.3 is 10.6 Å². The SMILES string of the molecule is CCCCNc1ncc2ncnc(Nc3cccc(C)c3)c2n1. The zero-order chi connectivity index (χ0) is 16.1. The second kappa shape index (κ2) is 7.00. The van der Waals surface area contributed by atoms with Gasteiger partial charge in [-0.15, -0.1) is 0 Å². The second-order valence-corrected chi connectivity index (χ2v) is 5.42. The second-order valence-electron chi connectivity index (χ2n) is 5.42. The number of hydrogen-bond acceptors (Lipinski definition) is 6. The fraction of sp³-hybridized carbons (Fsp3) is 0.294. The smallest absolute Gasteiger partial charge is 0.223 e. The molecule has 3 aromatic rings. The first-order valence-electron chi connectivity index (χ1n) is 7.81. The third-order valence-corrected chi connectivity index (χ3v) is 3.47. The van der Waals surface area contributed by atoms with Crippen LogP contribution in [-0.4, -0.2) is 26.5 Å². The van der Waals surface area contributed by atoms with Crippen LogP contribution in [0.15, 0.2) is 36.8 Å². The quantitative estimate of drug-likeness (QED) is 0.676. The van der Waals surface area contributed by atoms with Crippen molar-refractivity contribution in [1.29, 1.82) is 0 Å². The van der Waals surface area contributed by atoms with E-state index in [-0.39, 0.29) is 0 Å². The van der Waals surface area contributed by atoms with Crippen LogP contribution in [-0.2, 0) is 0 Å². The first-order chi connectivity index (χ1) is 11.3. The zero-order valence-electron chi connectivity index (χ0n) is 13.4. The molecule has 0 spiro atoms. The van der Waals surface area contributed by atoms with Gasteiger partial charge in [-0.25, -0.2) is 19.9 Å². The largest absolute Gasteiger partial charge is 0.354 e. The van der Waals surface area contributed by atoms with Crippen LogP contribution in [0.5, 0.6) is 0 Å². The van der Waals surface area contributed by atoms with Gasteiger partial charge in [-0.2, -0.15) is 0 Å². The molecule has 0 aliphatic heterocycles. The Morgan fingerprint density at radius 2 is 2.04 bits per heavy atom. The summed E-state index contributed by atoms with van der Waals surface area (Å²) in [5.74, 6) is 1.29. The number of unbranched alkanes of at least 4 members (excludes halogenated alkanes) is 1. The molecule has 3 rings (SSSR count). The molecule has 23 heavy (non-hydrogen) atoms. The first kappa shape index (κ1) is 15.1. The fourth-order valence-electron chi connectivity index (χ4n) is 2.27. The van der Waals surface area contributed by atoms with Crippen molar-refractivity contribution in [3.63, 3.8) is 0 Å². The molecule has 6 nitrogen and oxygen atoms in total. The van der Waals surface area contributed by atoms with Crippen molar-refractivity contribution >= 4 is 28.5 Å². The molecule has 0 saturated carbocycles. The summed E-state index contributed by atoms with van der Waals surface area (Å²) in [5, 5.41) is 6.55. The van der Waals surface area contributed by atoms with Crippen LogP contribution < -0.4 is 10.6 Å². The Hall–Kier alpha value is -2.76. The van der Waals surface area contributed by atoms with Crippen LogP contribution >= 0.6 is 0 Å². The van der Waals surface area contributed by atoms with Gasteiger partial charge in [0.25, 0.3) is 0 Å². The lowest BCUT2D eigenvalue weighted by Gasteiger charge is -2.09. The number of aryl methyl sites for hydroxylation is 1. The molecule has 0 amide bonds. The molecule has 118 valence electrons. The van der Waals surface area contributed by atoms with E-state index in [4.69, 9.17) is 0 Å². The highest BCUT2D eigenvalue weighted by atomic mass is 15.1. The number of anilines is 3. The number of nitrogens with zero attached hydrogens (tertiary/aromatic N) is 4. The molecule has 0 fully saturated rings. The molecular formula is C17H20N6. The maximum Gasteiger partial charge on any atom is 0.223 e. The zero-order valence-corrected chi connectivity index (χ0v) is 13.4. The van der Waals surface area contributed by atoms with E-state index in [9.17, 15) is 0 Å². The minimum Gasteiger partial charge on any atom is -0.354 e. The van der Waals surface area contributed by atoms with Crippen molar-refractivity contribution in [2.75, 3.05) is 17.2 Å². The van der Waals surface area contributed by atoms with Crippen LogP contribution in [0.4, 0.5) is 17.5 Å². The van der Waals surface area contributed by atoms with Crippen molar-refractivity contribution in [3.05, 3.63) is 42.4 Å². The standard InChI is InChI=1S/C17H20N6/c1-3-4-8-18-17-19-10-14-15(23-17)16(21-11-20-14)22-13-7-5-6-12(2)9-13/h5-7,9-11H,3-4,8H2,1-2H3,(H,18,19,23)(H,20,21,22). The summed E-state index contributed by atoms with van der Waals surface area (Å²) in [6.07, 6.45) is 5.46. The number of hydrogen-bond donors (Lipinski definition) is 2. The minimum atomic E-state index is 0.605. The molecular weight excluding hydrogens is 288 g/mol. The van der Waals surface area contributed by atoms with Crippen molar-refractivity contribution in [3.8, 4) is 0 Å². The molecule has 6 heteroatoms. The normalized spacial score (nSPS) is 10.7. The van der Waals surface area contributed by atoms with Crippen molar-refractivity contribution in [2.24, 2.45) is 0 Å². The summed E-state index contributed by atoms with van der Waals surface area (Å²) < 4.78 is 0. The van der Waals surface area contributed by atoms with Crippen LogP contribution in [0.25, 0.3) is 11.0 Å². The Bertz CT molecular complexity index is 802. The van der Waals surface area contributed by atoms with Gasteiger partial charge in [0.05, 0.1) is 6.20 Å². The van der Waals surface area contributed by atoms with Crippen molar-refractivity contribution in [2.45, 2.75) is 26.7 Å². The Labute approximate surface area is 135 Å². The summed E-state index contributed by atoms with van der Waals surface area (Å²) in [4.78, 5) is 17.4. The van der Waals surface area contributed by atoms with Gasteiger partial charge in [-0.1, -0.05) is 25.5 Å². The minimum absolute atomic E-state index is 0.605. The Morgan fingerprint density at radius 3 is 2.87 bits per heavy atom. The average Bonchev–Trinajstić information content (AvgIpc) is 2.56. The van der Waals surface area contributed by atoms with Crippen LogP contribution in [0.1, 0.15) is 25.3 Å². The van der Waals surface area contributed by atoms with Gasteiger partial charge in [0.2, 0.25) is 5.95 Å². The van der Waals surface area contributed by atoms with E-state index >= 15 is 0 Å². The van der Waals surface area contributed by atoms with Gasteiger partial charge >= 0.3 is 0 Å². The monoisotopic (exact) mass is 308 g/mol. The summed E-state index contributed by atoms with van der Waals surface area (Å²) >= 11 is 0. The molecule has 2 aromatic heterocycles. The van der Waals surface area contributed by atoms with Crippen molar-refractivity contribution in [1.82, 2.24) is 19.9 Å². The maximum atomic E-state index is 4.56. The van der Waals surface area contributed by atoms with Crippen LogP contribution in [0, 0.1) is 6.92 Å². The van der Waals surface area contributed by atoms with E-state index in [0.717, 1.165) is 30.6 Å². The topological polar surface area (TPSA) is 75.6 Å². The summed E-state index contributed by atoms with van der Waals surface area (Å²) in [6.45, 7) is 5.07. The maximum absolute atomic E-state index is 4.56. The molecule has 2 heterocycles. The van der Waals surface area contributed by atoms with Gasteiger partial charge in [-0.3, -0.25) is 0 Å². The molecule has 1 aromatic carbocycles. The summed E-state index contributed by atoms with van der Waals surface area (Å²) in [6, 6.07) is 8.13. The molecule has 0 aliphatic carbocycles. The molecule has 0 atom stereocenters. The number of fused-ring (bicyclic) bond motifs is 1. The van der Waals surface area contributed by atoms with Gasteiger partial charge in [0.15, 0.2) is 5.82 Å². The lowest BCUT2D eigenvalue weighted by atomic mass is 10.2. The van der Waals surface area contributed by atoms with Gasteiger partial charge in [-0.05, 0) is 31.0 Å². The third-order valence-electron chi connectivity index (χ3n) is 3.47. The number of aromatic nitrogens is 4. The first-order valence-corrected chi connectivity index (χ1v) is 7.81. The Kier molecular flexibility index (Phi) is 4.61. The molecule has 0 bridgehead atoms. The predicted octanol–water partition coefficient (Wildman–Crippen LogP) is 3.68. The van der Waals surface area contributed by atoms with Crippen LogP contribution in [0.2, 0.25) is 0 Å². The van der Waals surface area contributed by atoms with E-state index in [1.807, 2.05) is 12.1 Å². The van der Waals surface area contributed by atoms with E-state index in [1.54, 1.807) is 6.20 Å². The average molecular weight is 308 g/mol. The number of nitrogens with one attached hydrogen (secondary N) is 2. The third kappa shape index (κ3) is 3.71. The highest BCUT2D eigenvalue weighted by molar-refractivity contribution is 5.87. The molecule has 2 N–H and O–H groups in total. The lowest BCUT2D eigenvalue weighted by molar-refractivity contribution is 0.827. The summed E-state index contributed by atoms with van der Waals surface area (Å²) in [5.41, 5.74) is 3.59. The molecule has 0 radical (unpaired) electrons. The molecule has 0 aliphatic rings. The fourth-order valence-corrected chi connectivity index (χ4v) is 2.27. The Balaban J connectivity index is 1.91. The Morgan fingerprint density at radius 1 is 1.13 bits per heavy atom. The number of rotatable bonds is 6. The summed E-state index contributed by atoms with van der Waals surface area (Å²) in [7, 11) is 0. The molecule has 0 unspecified atom stereocenters. The van der Waals surface area contributed by atoms with E-state index in [1.165, 1.54) is 11.9 Å². The highest BCUT2D eigenvalue weighted by Gasteiger charge is 2.08.